The molecule has 1 fully saturated rings. The second kappa shape index (κ2) is 4.73. The Labute approximate surface area is 99.5 Å². The predicted molar refractivity (Wildman–Crippen MR) is 62.6 cm³/mol. The lowest BCUT2D eigenvalue weighted by Crippen LogP contribution is -2.64. The zero-order chi connectivity index (χ0) is 12.3. The summed E-state index contributed by atoms with van der Waals surface area (Å²) in [4.78, 5) is 11.6. The highest BCUT2D eigenvalue weighted by Gasteiger charge is 2.34. The summed E-state index contributed by atoms with van der Waals surface area (Å²) in [5.74, 6) is -0.0847. The smallest absolute Gasteiger partial charge is 0.224 e. The minimum atomic E-state index is -0.811. The summed E-state index contributed by atoms with van der Waals surface area (Å²) in [6, 6.07) is 6.73. The van der Waals surface area contributed by atoms with E-state index in [1.54, 1.807) is 24.3 Å². The number of rotatable bonds is 4. The van der Waals surface area contributed by atoms with Gasteiger partial charge >= 0.3 is 0 Å². The van der Waals surface area contributed by atoms with Gasteiger partial charge in [0.15, 0.2) is 0 Å². The maximum atomic E-state index is 11.6. The van der Waals surface area contributed by atoms with Crippen LogP contribution in [0.1, 0.15) is 5.56 Å². The van der Waals surface area contributed by atoms with E-state index in [1.807, 2.05) is 0 Å². The first-order chi connectivity index (χ1) is 8.09. The Morgan fingerprint density at radius 1 is 1.41 bits per heavy atom. The number of benzene rings is 1. The van der Waals surface area contributed by atoms with Gasteiger partial charge in [-0.15, -0.1) is 0 Å². The molecule has 0 bridgehead atoms. The molecule has 5 nitrogen and oxygen atoms in total. The SMILES string of the molecule is O=C(Cc1ccccc1O)NCC1(O)CNC1. The second-order valence-electron chi connectivity index (χ2n) is 4.41. The average Bonchev–Trinajstić information content (AvgIpc) is 2.27. The molecular formula is C12H16N2O3. The van der Waals surface area contributed by atoms with Crippen LogP contribution in [-0.4, -0.2) is 41.4 Å². The summed E-state index contributed by atoms with van der Waals surface area (Å²) >= 11 is 0. The topological polar surface area (TPSA) is 81.6 Å². The van der Waals surface area contributed by atoms with E-state index in [2.05, 4.69) is 10.6 Å². The lowest BCUT2D eigenvalue weighted by molar-refractivity contribution is -0.122. The Balaban J connectivity index is 1.83. The molecule has 0 spiro atoms. The van der Waals surface area contributed by atoms with E-state index in [0.29, 0.717) is 18.7 Å². The van der Waals surface area contributed by atoms with Gasteiger partial charge in [-0.05, 0) is 6.07 Å². The maximum absolute atomic E-state index is 11.6. The van der Waals surface area contributed by atoms with Gasteiger partial charge in [-0.1, -0.05) is 18.2 Å². The number of β-amino-alcohol motifs (C(OH)–C–C–N with tert-alkyl or cyclic N) is 1. The monoisotopic (exact) mass is 236 g/mol. The van der Waals surface area contributed by atoms with Crippen molar-refractivity contribution in [3.05, 3.63) is 29.8 Å². The molecule has 4 N–H and O–H groups in total. The van der Waals surface area contributed by atoms with Crippen molar-refractivity contribution in [1.29, 1.82) is 0 Å². The molecule has 1 aromatic rings. The number of aromatic hydroxyl groups is 1. The molecule has 1 aromatic carbocycles. The van der Waals surface area contributed by atoms with Crippen molar-refractivity contribution >= 4 is 5.91 Å². The van der Waals surface area contributed by atoms with E-state index >= 15 is 0 Å². The number of carbonyl (C=O) groups excluding carboxylic acids is 1. The molecule has 0 saturated carbocycles. The summed E-state index contributed by atoms with van der Waals surface area (Å²) in [6.07, 6.45) is 0.121. The van der Waals surface area contributed by atoms with Crippen molar-refractivity contribution in [1.82, 2.24) is 10.6 Å². The molecule has 92 valence electrons. The number of amides is 1. The fourth-order valence-electron chi connectivity index (χ4n) is 1.70. The van der Waals surface area contributed by atoms with Crippen LogP contribution in [0.25, 0.3) is 0 Å². The van der Waals surface area contributed by atoms with Gasteiger partial charge in [0.05, 0.1) is 6.42 Å². The fraction of sp³-hybridized carbons (Fsp3) is 0.417. The number of aliphatic hydroxyl groups is 1. The van der Waals surface area contributed by atoms with Crippen LogP contribution >= 0.6 is 0 Å². The van der Waals surface area contributed by atoms with E-state index in [-0.39, 0.29) is 24.6 Å². The number of hydrogen-bond donors (Lipinski definition) is 4. The van der Waals surface area contributed by atoms with Crippen molar-refractivity contribution in [2.45, 2.75) is 12.0 Å². The Bertz CT molecular complexity index is 416. The molecule has 0 unspecified atom stereocenters. The van der Waals surface area contributed by atoms with Gasteiger partial charge < -0.3 is 20.8 Å². The van der Waals surface area contributed by atoms with Crippen molar-refractivity contribution in [3.8, 4) is 5.75 Å². The molecule has 1 aliphatic heterocycles. The summed E-state index contributed by atoms with van der Waals surface area (Å²) < 4.78 is 0. The molecule has 1 saturated heterocycles. The van der Waals surface area contributed by atoms with E-state index < -0.39 is 5.60 Å². The van der Waals surface area contributed by atoms with Crippen molar-refractivity contribution < 1.29 is 15.0 Å². The quantitative estimate of drug-likeness (QED) is 0.562. The standard InChI is InChI=1S/C12H16N2O3/c15-10-4-2-1-3-9(10)5-11(16)14-8-12(17)6-13-7-12/h1-4,13,15,17H,5-8H2,(H,14,16). The number of phenols is 1. The van der Waals surface area contributed by atoms with Gasteiger partial charge in [-0.25, -0.2) is 0 Å². The molecular weight excluding hydrogens is 220 g/mol. The van der Waals surface area contributed by atoms with Crippen LogP contribution in [-0.2, 0) is 11.2 Å². The van der Waals surface area contributed by atoms with Gasteiger partial charge in [-0.2, -0.15) is 0 Å². The number of phenolic OH excluding ortho intramolecular Hbond substituents is 1. The fourth-order valence-corrected chi connectivity index (χ4v) is 1.70. The van der Waals surface area contributed by atoms with Crippen LogP contribution in [0.2, 0.25) is 0 Å². The van der Waals surface area contributed by atoms with Crippen molar-refractivity contribution in [2.75, 3.05) is 19.6 Å². The highest BCUT2D eigenvalue weighted by molar-refractivity contribution is 5.79. The lowest BCUT2D eigenvalue weighted by Gasteiger charge is -2.37. The van der Waals surface area contributed by atoms with Gasteiger partial charge in [0.2, 0.25) is 5.91 Å². The van der Waals surface area contributed by atoms with Crippen LogP contribution in [0, 0.1) is 0 Å². The Morgan fingerprint density at radius 3 is 2.71 bits per heavy atom. The largest absolute Gasteiger partial charge is 0.508 e. The van der Waals surface area contributed by atoms with Gasteiger partial charge in [-0.3, -0.25) is 4.79 Å². The highest BCUT2D eigenvalue weighted by Crippen LogP contribution is 2.16. The first-order valence-corrected chi connectivity index (χ1v) is 5.56. The first-order valence-electron chi connectivity index (χ1n) is 5.56. The molecule has 0 aliphatic carbocycles. The predicted octanol–water partition coefficient (Wildman–Crippen LogP) is -0.615. The zero-order valence-electron chi connectivity index (χ0n) is 9.44. The van der Waals surface area contributed by atoms with Crippen molar-refractivity contribution in [3.63, 3.8) is 0 Å². The molecule has 5 heteroatoms. The van der Waals surface area contributed by atoms with Crippen LogP contribution in [0.5, 0.6) is 5.75 Å². The van der Waals surface area contributed by atoms with Crippen LogP contribution in [0.4, 0.5) is 0 Å². The van der Waals surface area contributed by atoms with E-state index in [9.17, 15) is 15.0 Å². The van der Waals surface area contributed by atoms with E-state index in [4.69, 9.17) is 0 Å². The summed E-state index contributed by atoms with van der Waals surface area (Å²) in [6.45, 7) is 1.25. The Hall–Kier alpha value is -1.59. The minimum Gasteiger partial charge on any atom is -0.508 e. The zero-order valence-corrected chi connectivity index (χ0v) is 9.44. The molecule has 17 heavy (non-hydrogen) atoms. The summed E-state index contributed by atoms with van der Waals surface area (Å²) in [5, 5.41) is 24.9. The molecule has 1 heterocycles. The van der Waals surface area contributed by atoms with Gasteiger partial charge in [0.1, 0.15) is 11.4 Å². The second-order valence-corrected chi connectivity index (χ2v) is 4.41. The molecule has 0 aromatic heterocycles. The normalized spacial score (nSPS) is 17.2. The third kappa shape index (κ3) is 2.95. The number of carbonyl (C=O) groups is 1. The molecule has 1 aliphatic rings. The van der Waals surface area contributed by atoms with Crippen LogP contribution in [0.3, 0.4) is 0 Å². The number of para-hydroxylation sites is 1. The van der Waals surface area contributed by atoms with E-state index in [1.165, 1.54) is 0 Å². The molecule has 0 atom stereocenters. The Kier molecular flexibility index (Phi) is 3.31. The average molecular weight is 236 g/mol. The van der Waals surface area contributed by atoms with Crippen LogP contribution < -0.4 is 10.6 Å². The minimum absolute atomic E-state index is 0.117. The molecule has 0 radical (unpaired) electrons. The maximum Gasteiger partial charge on any atom is 0.224 e. The van der Waals surface area contributed by atoms with E-state index in [0.717, 1.165) is 0 Å². The highest BCUT2D eigenvalue weighted by atomic mass is 16.3. The first kappa shape index (κ1) is 11.9. The number of hydrogen-bond acceptors (Lipinski definition) is 4. The van der Waals surface area contributed by atoms with Crippen LogP contribution in [0.15, 0.2) is 24.3 Å². The lowest BCUT2D eigenvalue weighted by atomic mass is 9.97. The summed E-state index contributed by atoms with van der Waals surface area (Å²) in [5.41, 5.74) is -0.224. The third-order valence-electron chi connectivity index (χ3n) is 2.87. The van der Waals surface area contributed by atoms with Crippen molar-refractivity contribution in [2.24, 2.45) is 0 Å². The molecule has 2 rings (SSSR count). The summed E-state index contributed by atoms with van der Waals surface area (Å²) in [7, 11) is 0. The van der Waals surface area contributed by atoms with Gasteiger partial charge in [0, 0.05) is 25.2 Å². The Morgan fingerprint density at radius 2 is 2.12 bits per heavy atom. The third-order valence-corrected chi connectivity index (χ3v) is 2.87. The van der Waals surface area contributed by atoms with Gasteiger partial charge in [0.25, 0.3) is 0 Å². The molecule has 1 amide bonds. The number of nitrogens with one attached hydrogen (secondary N) is 2.